The first kappa shape index (κ1) is 16.1. The van der Waals surface area contributed by atoms with Crippen molar-refractivity contribution in [3.8, 4) is 0 Å². The summed E-state index contributed by atoms with van der Waals surface area (Å²) in [5, 5.41) is 9.89. The second-order valence-corrected chi connectivity index (χ2v) is 4.51. The fourth-order valence-corrected chi connectivity index (χ4v) is 1.85. The summed E-state index contributed by atoms with van der Waals surface area (Å²) in [5.74, 6) is -0.438. The highest BCUT2D eigenvalue weighted by molar-refractivity contribution is 5.86. The molecule has 0 aromatic heterocycles. The highest BCUT2D eigenvalue weighted by atomic mass is 16.5. The number of esters is 1. The zero-order chi connectivity index (χ0) is 13.5. The Bertz CT molecular complexity index is 251. The molecule has 0 saturated heterocycles. The van der Waals surface area contributed by atoms with Gasteiger partial charge in [0, 0.05) is 5.57 Å². The first-order chi connectivity index (χ1) is 7.90. The van der Waals surface area contributed by atoms with Crippen molar-refractivity contribution in [1.29, 1.82) is 0 Å². The minimum absolute atomic E-state index is 0.0473. The lowest BCUT2D eigenvalue weighted by molar-refractivity contribution is -0.926. The van der Waals surface area contributed by atoms with Crippen LogP contribution in [0.2, 0.25) is 0 Å². The predicted octanol–water partition coefficient (Wildman–Crippen LogP) is 1.34. The fourth-order valence-electron chi connectivity index (χ4n) is 1.85. The van der Waals surface area contributed by atoms with Crippen molar-refractivity contribution in [2.45, 2.75) is 33.8 Å². The number of aliphatic hydroxyl groups excluding tert-OH is 1. The minimum Gasteiger partial charge on any atom is -0.459 e. The van der Waals surface area contributed by atoms with Crippen LogP contribution in [0, 0.1) is 0 Å². The van der Waals surface area contributed by atoms with Gasteiger partial charge in [-0.2, -0.15) is 0 Å². The Morgan fingerprint density at radius 2 is 1.76 bits per heavy atom. The van der Waals surface area contributed by atoms with E-state index < -0.39 is 12.1 Å². The smallest absolute Gasteiger partial charge is 0.333 e. The van der Waals surface area contributed by atoms with Gasteiger partial charge in [-0.3, -0.25) is 0 Å². The maximum absolute atomic E-state index is 11.2. The van der Waals surface area contributed by atoms with Crippen molar-refractivity contribution in [1.82, 2.24) is 0 Å². The first-order valence-corrected chi connectivity index (χ1v) is 6.26. The van der Waals surface area contributed by atoms with Gasteiger partial charge in [-0.05, 0) is 27.7 Å². The third-order valence-corrected chi connectivity index (χ3v) is 3.37. The maximum atomic E-state index is 11.2. The SMILES string of the molecule is C=C(C)C(=O)OCC(O)C[N+](CC)(CC)CC. The van der Waals surface area contributed by atoms with Crippen LogP contribution in [-0.4, -0.2) is 54.4 Å². The topological polar surface area (TPSA) is 46.5 Å². The average Bonchev–Trinajstić information content (AvgIpc) is 2.33. The zero-order valence-corrected chi connectivity index (χ0v) is 11.5. The van der Waals surface area contributed by atoms with E-state index in [1.165, 1.54) is 0 Å². The van der Waals surface area contributed by atoms with Crippen molar-refractivity contribution >= 4 is 5.97 Å². The van der Waals surface area contributed by atoms with E-state index in [0.717, 1.165) is 24.1 Å². The third-order valence-electron chi connectivity index (χ3n) is 3.37. The lowest BCUT2D eigenvalue weighted by atomic mass is 10.2. The van der Waals surface area contributed by atoms with Crippen LogP contribution in [0.4, 0.5) is 0 Å². The second-order valence-electron chi connectivity index (χ2n) is 4.51. The van der Waals surface area contributed by atoms with Crippen molar-refractivity contribution < 1.29 is 19.1 Å². The quantitative estimate of drug-likeness (QED) is 0.398. The average molecular weight is 244 g/mol. The van der Waals surface area contributed by atoms with Gasteiger partial charge in [0.1, 0.15) is 19.3 Å². The number of nitrogens with zero attached hydrogens (tertiary/aromatic N) is 1. The highest BCUT2D eigenvalue weighted by Crippen LogP contribution is 2.08. The van der Waals surface area contributed by atoms with Crippen LogP contribution in [0.3, 0.4) is 0 Å². The van der Waals surface area contributed by atoms with Gasteiger partial charge in [-0.15, -0.1) is 0 Å². The zero-order valence-electron chi connectivity index (χ0n) is 11.5. The van der Waals surface area contributed by atoms with Crippen molar-refractivity contribution in [3.05, 3.63) is 12.2 Å². The molecule has 0 aliphatic heterocycles. The molecular formula is C13H26NO3+. The summed E-state index contributed by atoms with van der Waals surface area (Å²) in [5.41, 5.74) is 0.361. The maximum Gasteiger partial charge on any atom is 0.333 e. The molecule has 0 radical (unpaired) electrons. The number of rotatable bonds is 8. The molecular weight excluding hydrogens is 218 g/mol. The number of carbonyl (C=O) groups is 1. The standard InChI is InChI=1S/C13H26NO3/c1-6-14(7-2,8-3)9-12(15)10-17-13(16)11(4)5/h12,15H,4,6-10H2,1-3,5H3/q+1. The summed E-state index contributed by atoms with van der Waals surface area (Å²) in [4.78, 5) is 11.2. The van der Waals surface area contributed by atoms with Crippen molar-refractivity contribution in [3.63, 3.8) is 0 Å². The van der Waals surface area contributed by atoms with Gasteiger partial charge in [-0.1, -0.05) is 6.58 Å². The van der Waals surface area contributed by atoms with E-state index >= 15 is 0 Å². The van der Waals surface area contributed by atoms with E-state index in [4.69, 9.17) is 4.74 Å². The lowest BCUT2D eigenvalue weighted by Gasteiger charge is -2.37. The number of aliphatic hydroxyl groups is 1. The Labute approximate surface area is 104 Å². The van der Waals surface area contributed by atoms with Gasteiger partial charge in [-0.25, -0.2) is 4.79 Å². The fraction of sp³-hybridized carbons (Fsp3) is 0.769. The molecule has 0 heterocycles. The van der Waals surface area contributed by atoms with Crippen LogP contribution in [0.1, 0.15) is 27.7 Å². The van der Waals surface area contributed by atoms with Crippen LogP contribution >= 0.6 is 0 Å². The van der Waals surface area contributed by atoms with E-state index in [-0.39, 0.29) is 6.61 Å². The molecule has 1 unspecified atom stereocenters. The lowest BCUT2D eigenvalue weighted by Crippen LogP contribution is -2.52. The molecule has 0 aromatic rings. The molecule has 0 spiro atoms. The number of likely N-dealkylation sites (N-methyl/N-ethyl adjacent to an activating group) is 1. The van der Waals surface area contributed by atoms with E-state index in [0.29, 0.717) is 12.1 Å². The minimum atomic E-state index is -0.613. The summed E-state index contributed by atoms with van der Waals surface area (Å²) in [6, 6.07) is 0. The van der Waals surface area contributed by atoms with Crippen LogP contribution in [0.25, 0.3) is 0 Å². The van der Waals surface area contributed by atoms with Gasteiger partial charge >= 0.3 is 5.97 Å². The van der Waals surface area contributed by atoms with E-state index in [2.05, 4.69) is 27.4 Å². The number of carbonyl (C=O) groups excluding carboxylic acids is 1. The van der Waals surface area contributed by atoms with E-state index in [1.54, 1.807) is 6.92 Å². The van der Waals surface area contributed by atoms with Crippen LogP contribution < -0.4 is 0 Å². The van der Waals surface area contributed by atoms with Crippen LogP contribution in [0.5, 0.6) is 0 Å². The summed E-state index contributed by atoms with van der Waals surface area (Å²) in [6.45, 7) is 15.0. The molecule has 0 bridgehead atoms. The summed E-state index contributed by atoms with van der Waals surface area (Å²) < 4.78 is 5.79. The molecule has 0 aromatic carbocycles. The molecule has 4 heteroatoms. The van der Waals surface area contributed by atoms with Gasteiger partial charge in [0.25, 0.3) is 0 Å². The molecule has 1 atom stereocenters. The number of hydrogen-bond donors (Lipinski definition) is 1. The summed E-state index contributed by atoms with van der Waals surface area (Å²) >= 11 is 0. The van der Waals surface area contributed by atoms with E-state index in [9.17, 15) is 9.90 Å². The molecule has 0 fully saturated rings. The Hall–Kier alpha value is -0.870. The second kappa shape index (κ2) is 7.45. The summed E-state index contributed by atoms with van der Waals surface area (Å²) in [6.07, 6.45) is -0.613. The normalized spacial score (nSPS) is 13.2. The van der Waals surface area contributed by atoms with Crippen LogP contribution in [-0.2, 0) is 9.53 Å². The van der Waals surface area contributed by atoms with Gasteiger partial charge in [0.05, 0.1) is 19.6 Å². The molecule has 0 aliphatic carbocycles. The Morgan fingerprint density at radius 3 is 2.12 bits per heavy atom. The largest absolute Gasteiger partial charge is 0.459 e. The Morgan fingerprint density at radius 1 is 1.29 bits per heavy atom. The van der Waals surface area contributed by atoms with Gasteiger partial charge < -0.3 is 14.3 Å². The summed E-state index contributed by atoms with van der Waals surface area (Å²) in [7, 11) is 0. The molecule has 17 heavy (non-hydrogen) atoms. The Balaban J connectivity index is 4.20. The monoisotopic (exact) mass is 244 g/mol. The van der Waals surface area contributed by atoms with E-state index in [1.807, 2.05) is 0 Å². The van der Waals surface area contributed by atoms with Gasteiger partial charge in [0.2, 0.25) is 0 Å². The van der Waals surface area contributed by atoms with Gasteiger partial charge in [0.15, 0.2) is 0 Å². The highest BCUT2D eigenvalue weighted by Gasteiger charge is 2.25. The number of quaternary nitrogens is 1. The molecule has 100 valence electrons. The third kappa shape index (κ3) is 5.33. The molecule has 4 nitrogen and oxygen atoms in total. The Kier molecular flexibility index (Phi) is 7.07. The van der Waals surface area contributed by atoms with Crippen molar-refractivity contribution in [2.75, 3.05) is 32.8 Å². The number of hydrogen-bond acceptors (Lipinski definition) is 3. The van der Waals surface area contributed by atoms with Crippen molar-refractivity contribution in [2.24, 2.45) is 0 Å². The first-order valence-electron chi connectivity index (χ1n) is 6.26. The molecule has 1 N–H and O–H groups in total. The predicted molar refractivity (Wildman–Crippen MR) is 68.5 cm³/mol. The van der Waals surface area contributed by atoms with Crippen LogP contribution in [0.15, 0.2) is 12.2 Å². The molecule has 0 rings (SSSR count). The molecule has 0 saturated carbocycles. The molecule has 0 amide bonds. The number of ether oxygens (including phenoxy) is 1. The molecule has 0 aliphatic rings.